The zero-order valence-electron chi connectivity index (χ0n) is 7.61. The number of hydrogen-bond donors (Lipinski definition) is 2. The predicted octanol–water partition coefficient (Wildman–Crippen LogP) is 2.49. The number of anilines is 2. The van der Waals surface area contributed by atoms with Crippen molar-refractivity contribution in [3.63, 3.8) is 0 Å². The normalized spacial score (nSPS) is 9.93. The molecule has 0 fully saturated rings. The molecule has 0 spiro atoms. The number of aromatic nitrogens is 2. The van der Waals surface area contributed by atoms with Gasteiger partial charge in [-0.3, -0.25) is 0 Å². The molecule has 0 atom stereocenters. The summed E-state index contributed by atoms with van der Waals surface area (Å²) < 4.78 is 0.463. The Morgan fingerprint density at radius 2 is 2.27 bits per heavy atom. The number of nitrogens with one attached hydrogen (secondary N) is 1. The lowest BCUT2D eigenvalue weighted by molar-refractivity contribution is 0.449. The Kier molecular flexibility index (Phi) is 2.82. The fraction of sp³-hybridized carbons (Fsp3) is 0. The van der Waals surface area contributed by atoms with Crippen LogP contribution in [0.1, 0.15) is 0 Å². The fourth-order valence-electron chi connectivity index (χ4n) is 1.01. The Morgan fingerprint density at radius 3 is 2.93 bits per heavy atom. The molecule has 0 aliphatic carbocycles. The molecule has 1 heterocycles. The highest BCUT2D eigenvalue weighted by molar-refractivity contribution is 9.10. The van der Waals surface area contributed by atoms with E-state index in [2.05, 4.69) is 37.3 Å². The van der Waals surface area contributed by atoms with Gasteiger partial charge in [0.1, 0.15) is 0 Å². The standard InChI is InChI=1S/C10H7BrN3O/c11-8-6-12-10(14-9(8)15)13-7-4-2-1-3-5-7/h1-4,6H,(H2,12,13,14,15). The van der Waals surface area contributed by atoms with Gasteiger partial charge in [-0.25, -0.2) is 4.98 Å². The Morgan fingerprint density at radius 1 is 1.40 bits per heavy atom. The summed E-state index contributed by atoms with van der Waals surface area (Å²) in [7, 11) is 0. The van der Waals surface area contributed by atoms with E-state index in [0.717, 1.165) is 5.69 Å². The predicted molar refractivity (Wildman–Crippen MR) is 60.0 cm³/mol. The number of aromatic hydroxyl groups is 1. The van der Waals surface area contributed by atoms with Gasteiger partial charge in [0.15, 0.2) is 0 Å². The maximum Gasteiger partial charge on any atom is 0.230 e. The van der Waals surface area contributed by atoms with Crippen LogP contribution in [0.4, 0.5) is 11.6 Å². The third kappa shape index (κ3) is 2.44. The highest BCUT2D eigenvalue weighted by atomic mass is 79.9. The molecular weight excluding hydrogens is 258 g/mol. The Labute approximate surface area is 95.1 Å². The van der Waals surface area contributed by atoms with Crippen LogP contribution in [0.25, 0.3) is 0 Å². The van der Waals surface area contributed by atoms with Crippen molar-refractivity contribution < 1.29 is 5.11 Å². The zero-order valence-corrected chi connectivity index (χ0v) is 9.19. The van der Waals surface area contributed by atoms with Crippen molar-refractivity contribution in [3.05, 3.63) is 41.0 Å². The summed E-state index contributed by atoms with van der Waals surface area (Å²) in [6.07, 6.45) is 1.48. The molecule has 75 valence electrons. The summed E-state index contributed by atoms with van der Waals surface area (Å²) in [5.41, 5.74) is 0.749. The summed E-state index contributed by atoms with van der Waals surface area (Å²) in [5.74, 6) is 0.238. The molecule has 4 nitrogen and oxygen atoms in total. The fourth-order valence-corrected chi connectivity index (χ4v) is 1.20. The van der Waals surface area contributed by atoms with Gasteiger partial charge in [0, 0.05) is 11.8 Å². The van der Waals surface area contributed by atoms with E-state index in [1.54, 1.807) is 6.07 Å². The molecule has 5 heteroatoms. The first kappa shape index (κ1) is 9.92. The smallest absolute Gasteiger partial charge is 0.230 e. The van der Waals surface area contributed by atoms with E-state index >= 15 is 0 Å². The van der Waals surface area contributed by atoms with E-state index in [9.17, 15) is 5.11 Å². The number of nitrogens with zero attached hydrogens (tertiary/aromatic N) is 2. The van der Waals surface area contributed by atoms with Crippen molar-refractivity contribution >= 4 is 27.6 Å². The van der Waals surface area contributed by atoms with E-state index in [1.807, 2.05) is 18.2 Å². The SMILES string of the molecule is Oc1nc(Nc2[c]cccc2)ncc1Br. The van der Waals surface area contributed by atoms with E-state index in [0.29, 0.717) is 10.4 Å². The lowest BCUT2D eigenvalue weighted by atomic mass is 10.3. The van der Waals surface area contributed by atoms with E-state index in [1.165, 1.54) is 6.20 Å². The van der Waals surface area contributed by atoms with Gasteiger partial charge in [-0.15, -0.1) is 0 Å². The molecule has 0 aliphatic heterocycles. The van der Waals surface area contributed by atoms with Gasteiger partial charge in [-0.1, -0.05) is 18.2 Å². The monoisotopic (exact) mass is 264 g/mol. The van der Waals surface area contributed by atoms with Crippen molar-refractivity contribution in [3.8, 4) is 5.88 Å². The summed E-state index contributed by atoms with van der Waals surface area (Å²) in [5, 5.41) is 12.2. The van der Waals surface area contributed by atoms with Crippen LogP contribution in [0.5, 0.6) is 5.88 Å². The van der Waals surface area contributed by atoms with Crippen LogP contribution in [-0.4, -0.2) is 15.1 Å². The topological polar surface area (TPSA) is 58.0 Å². The van der Waals surface area contributed by atoms with Gasteiger partial charge < -0.3 is 10.4 Å². The van der Waals surface area contributed by atoms with Crippen molar-refractivity contribution in [2.24, 2.45) is 0 Å². The van der Waals surface area contributed by atoms with Crippen LogP contribution < -0.4 is 5.32 Å². The molecule has 1 aromatic carbocycles. The molecule has 0 saturated carbocycles. The van der Waals surface area contributed by atoms with Gasteiger partial charge in [0.2, 0.25) is 11.8 Å². The Bertz CT molecular complexity index is 461. The molecule has 2 rings (SSSR count). The second-order valence-corrected chi connectivity index (χ2v) is 3.62. The summed E-state index contributed by atoms with van der Waals surface area (Å²) in [4.78, 5) is 7.82. The lowest BCUT2D eigenvalue weighted by Crippen LogP contribution is -1.96. The number of halogens is 1. The van der Waals surface area contributed by atoms with E-state index < -0.39 is 0 Å². The minimum absolute atomic E-state index is 0.0940. The van der Waals surface area contributed by atoms with Crippen molar-refractivity contribution in [2.75, 3.05) is 5.32 Å². The molecule has 1 radical (unpaired) electrons. The maximum absolute atomic E-state index is 9.33. The summed E-state index contributed by atoms with van der Waals surface area (Å²) in [6.45, 7) is 0. The van der Waals surface area contributed by atoms with Crippen LogP contribution in [-0.2, 0) is 0 Å². The average molecular weight is 265 g/mol. The molecule has 15 heavy (non-hydrogen) atoms. The first-order valence-corrected chi connectivity index (χ1v) is 5.00. The first-order valence-electron chi connectivity index (χ1n) is 4.21. The lowest BCUT2D eigenvalue weighted by Gasteiger charge is -2.04. The summed E-state index contributed by atoms with van der Waals surface area (Å²) >= 11 is 3.10. The number of benzene rings is 1. The molecule has 0 aliphatic rings. The molecule has 1 aromatic heterocycles. The molecular formula is C10H7BrN3O. The molecule has 0 saturated heterocycles. The highest BCUT2D eigenvalue weighted by Crippen LogP contribution is 2.21. The molecule has 0 bridgehead atoms. The van der Waals surface area contributed by atoms with Crippen molar-refractivity contribution in [1.82, 2.24) is 9.97 Å². The van der Waals surface area contributed by atoms with Crippen molar-refractivity contribution in [2.45, 2.75) is 0 Å². The van der Waals surface area contributed by atoms with Crippen LogP contribution in [0.3, 0.4) is 0 Å². The van der Waals surface area contributed by atoms with Gasteiger partial charge >= 0.3 is 0 Å². The highest BCUT2D eigenvalue weighted by Gasteiger charge is 2.02. The van der Waals surface area contributed by atoms with E-state index in [4.69, 9.17) is 0 Å². The van der Waals surface area contributed by atoms with Crippen LogP contribution in [0, 0.1) is 6.07 Å². The number of para-hydroxylation sites is 1. The summed E-state index contributed by atoms with van der Waals surface area (Å²) in [6, 6.07) is 10.3. The van der Waals surface area contributed by atoms with Gasteiger partial charge in [-0.2, -0.15) is 4.98 Å². The quantitative estimate of drug-likeness (QED) is 0.875. The minimum Gasteiger partial charge on any atom is -0.492 e. The molecule has 0 amide bonds. The van der Waals surface area contributed by atoms with Crippen LogP contribution >= 0.6 is 15.9 Å². The second kappa shape index (κ2) is 4.27. The van der Waals surface area contributed by atoms with Crippen LogP contribution in [0.2, 0.25) is 0 Å². The zero-order chi connectivity index (χ0) is 10.7. The van der Waals surface area contributed by atoms with Gasteiger partial charge in [0.05, 0.1) is 10.7 Å². The Balaban J connectivity index is 2.22. The van der Waals surface area contributed by atoms with Gasteiger partial charge in [0.25, 0.3) is 0 Å². The molecule has 0 unspecified atom stereocenters. The van der Waals surface area contributed by atoms with Crippen LogP contribution in [0.15, 0.2) is 34.9 Å². The largest absolute Gasteiger partial charge is 0.492 e. The third-order valence-corrected chi connectivity index (χ3v) is 2.24. The Hall–Kier alpha value is -1.62. The van der Waals surface area contributed by atoms with E-state index in [-0.39, 0.29) is 5.88 Å². The maximum atomic E-state index is 9.33. The molecule has 2 N–H and O–H groups in total. The first-order chi connectivity index (χ1) is 7.25. The van der Waals surface area contributed by atoms with Gasteiger partial charge in [-0.05, 0) is 22.0 Å². The van der Waals surface area contributed by atoms with Crippen molar-refractivity contribution in [1.29, 1.82) is 0 Å². The average Bonchev–Trinajstić information content (AvgIpc) is 2.25. The second-order valence-electron chi connectivity index (χ2n) is 2.77. The minimum atomic E-state index is -0.0940. The third-order valence-electron chi connectivity index (χ3n) is 1.68. The molecule has 2 aromatic rings. The number of rotatable bonds is 2. The number of hydrogen-bond acceptors (Lipinski definition) is 4.